The van der Waals surface area contributed by atoms with E-state index in [1.165, 1.54) is 14.1 Å². The van der Waals surface area contributed by atoms with Crippen LogP contribution in [0, 0.1) is 5.41 Å². The van der Waals surface area contributed by atoms with Crippen molar-refractivity contribution < 1.29 is 14.4 Å². The number of nitrogens with zero attached hydrogens (tertiary/aromatic N) is 4. The molecule has 0 radical (unpaired) electrons. The zero-order valence-electron chi connectivity index (χ0n) is 17.7. The molecular formula is C23H22Cl2N4O3. The van der Waals surface area contributed by atoms with Crippen molar-refractivity contribution >= 4 is 52.4 Å². The van der Waals surface area contributed by atoms with Gasteiger partial charge in [-0.15, -0.1) is 0 Å². The number of hydrogen-bond donors (Lipinski definition) is 0. The smallest absolute Gasteiger partial charge is 0.332 e. The number of carbonyl (C=O) groups is 3. The molecule has 0 aromatic heterocycles. The Hall–Kier alpha value is -2.77. The van der Waals surface area contributed by atoms with Crippen LogP contribution >= 0.6 is 23.2 Å². The van der Waals surface area contributed by atoms with Gasteiger partial charge in [0.15, 0.2) is 5.41 Å². The number of carbonyl (C=O) groups excluding carboxylic acids is 3. The Labute approximate surface area is 196 Å². The molecule has 0 aliphatic carbocycles. The van der Waals surface area contributed by atoms with Gasteiger partial charge in [0.05, 0.1) is 6.04 Å². The summed E-state index contributed by atoms with van der Waals surface area (Å²) >= 11 is 12.5. The molecule has 2 fully saturated rings. The Bertz CT molecular complexity index is 1130. The highest BCUT2D eigenvalue weighted by Gasteiger charge is 2.63. The number of fused-ring (bicyclic) bond motifs is 4. The van der Waals surface area contributed by atoms with Crippen molar-refractivity contribution in [3.8, 4) is 0 Å². The highest BCUT2D eigenvalue weighted by molar-refractivity contribution is 6.31. The van der Waals surface area contributed by atoms with Gasteiger partial charge in [0, 0.05) is 55.1 Å². The van der Waals surface area contributed by atoms with Crippen LogP contribution in [-0.4, -0.2) is 67.4 Å². The number of amides is 4. The fourth-order valence-electron chi connectivity index (χ4n) is 5.30. The first-order valence-electron chi connectivity index (χ1n) is 10.4. The van der Waals surface area contributed by atoms with Gasteiger partial charge in [0.25, 0.3) is 0 Å². The molecule has 0 saturated carbocycles. The van der Waals surface area contributed by atoms with E-state index in [0.717, 1.165) is 26.7 Å². The number of urea groups is 1. The first-order valence-corrected chi connectivity index (χ1v) is 11.2. The topological polar surface area (TPSA) is 64.2 Å². The average Bonchev–Trinajstić information content (AvgIpc) is 2.80. The Morgan fingerprint density at radius 1 is 0.906 bits per heavy atom. The highest BCUT2D eigenvalue weighted by Crippen LogP contribution is 2.47. The van der Waals surface area contributed by atoms with Crippen molar-refractivity contribution in [3.05, 3.63) is 58.1 Å². The summed E-state index contributed by atoms with van der Waals surface area (Å²) in [5.74, 6) is -0.928. The highest BCUT2D eigenvalue weighted by atomic mass is 35.5. The van der Waals surface area contributed by atoms with Crippen LogP contribution in [0.2, 0.25) is 10.0 Å². The van der Waals surface area contributed by atoms with Crippen LogP contribution in [0.1, 0.15) is 5.56 Å². The molecular weight excluding hydrogens is 451 g/mol. The SMILES string of the molecule is CN1C(=O)N(C)C(=O)C2(Cc3ccc(Cl)cc3N3CCN(c4cccc(Cl)c4)C[C@H]32)C1=O. The van der Waals surface area contributed by atoms with Crippen molar-refractivity contribution in [1.29, 1.82) is 0 Å². The maximum absolute atomic E-state index is 13.7. The lowest BCUT2D eigenvalue weighted by Gasteiger charge is -2.56. The molecule has 1 atom stereocenters. The molecule has 3 heterocycles. The molecule has 2 aromatic carbocycles. The van der Waals surface area contributed by atoms with Gasteiger partial charge in [0.2, 0.25) is 11.8 Å². The maximum Gasteiger partial charge on any atom is 0.332 e. The summed E-state index contributed by atoms with van der Waals surface area (Å²) in [6.07, 6.45) is 0.212. The summed E-state index contributed by atoms with van der Waals surface area (Å²) in [5, 5.41) is 1.22. The number of rotatable bonds is 1. The van der Waals surface area contributed by atoms with Crippen molar-refractivity contribution in [1.82, 2.24) is 9.80 Å². The molecule has 7 nitrogen and oxygen atoms in total. The Balaban J connectivity index is 1.66. The van der Waals surface area contributed by atoms with E-state index in [2.05, 4.69) is 9.80 Å². The molecule has 2 aromatic rings. The van der Waals surface area contributed by atoms with Gasteiger partial charge in [-0.2, -0.15) is 0 Å². The standard InChI is InChI=1S/C23H22Cl2N4O3/c1-26-20(30)23(21(31)27(2)22(26)32)12-14-6-7-16(25)11-18(14)29-9-8-28(13-19(23)29)17-5-3-4-15(24)10-17/h3-7,10-11,19H,8-9,12-13H2,1-2H3/t19-/m0/s1. The fourth-order valence-corrected chi connectivity index (χ4v) is 5.65. The second-order valence-corrected chi connectivity index (χ2v) is 9.44. The van der Waals surface area contributed by atoms with Crippen molar-refractivity contribution in [2.24, 2.45) is 5.41 Å². The van der Waals surface area contributed by atoms with E-state index >= 15 is 0 Å². The van der Waals surface area contributed by atoms with Gasteiger partial charge in [-0.3, -0.25) is 19.4 Å². The van der Waals surface area contributed by atoms with E-state index in [-0.39, 0.29) is 6.42 Å². The Kier molecular flexibility index (Phi) is 4.87. The molecule has 32 heavy (non-hydrogen) atoms. The van der Waals surface area contributed by atoms with Crippen LogP contribution < -0.4 is 9.80 Å². The van der Waals surface area contributed by atoms with E-state index in [0.29, 0.717) is 29.7 Å². The second kappa shape index (κ2) is 7.39. The third kappa shape index (κ3) is 2.91. The minimum absolute atomic E-state index is 0.212. The van der Waals surface area contributed by atoms with Crippen LogP contribution in [0.25, 0.3) is 0 Å². The molecule has 9 heteroatoms. The number of hydrogen-bond acceptors (Lipinski definition) is 5. The number of piperazine rings is 1. The van der Waals surface area contributed by atoms with Gasteiger partial charge in [-0.05, 0) is 42.3 Å². The molecule has 4 amide bonds. The number of barbiturate groups is 1. The van der Waals surface area contributed by atoms with Gasteiger partial charge < -0.3 is 9.80 Å². The van der Waals surface area contributed by atoms with E-state index in [9.17, 15) is 14.4 Å². The van der Waals surface area contributed by atoms with E-state index < -0.39 is 29.3 Å². The van der Waals surface area contributed by atoms with Crippen LogP contribution in [0.4, 0.5) is 16.2 Å². The third-order valence-electron chi connectivity index (χ3n) is 6.90. The van der Waals surface area contributed by atoms with E-state index in [1.54, 1.807) is 6.07 Å². The molecule has 5 rings (SSSR count). The van der Waals surface area contributed by atoms with E-state index in [1.807, 2.05) is 36.4 Å². The number of halogens is 2. The Morgan fingerprint density at radius 2 is 1.59 bits per heavy atom. The average molecular weight is 473 g/mol. The molecule has 0 unspecified atom stereocenters. The Morgan fingerprint density at radius 3 is 2.28 bits per heavy atom. The van der Waals surface area contributed by atoms with Gasteiger partial charge in [-0.1, -0.05) is 35.3 Å². The predicted octanol–water partition coefficient (Wildman–Crippen LogP) is 3.28. The lowest BCUT2D eigenvalue weighted by molar-refractivity contribution is -0.159. The number of anilines is 2. The summed E-state index contributed by atoms with van der Waals surface area (Å²) in [6.45, 7) is 1.71. The van der Waals surface area contributed by atoms with Gasteiger partial charge in [-0.25, -0.2) is 4.79 Å². The predicted molar refractivity (Wildman–Crippen MR) is 123 cm³/mol. The van der Waals surface area contributed by atoms with Crippen LogP contribution in [0.3, 0.4) is 0 Å². The van der Waals surface area contributed by atoms with Crippen molar-refractivity contribution in [2.45, 2.75) is 12.5 Å². The normalized spacial score (nSPS) is 22.4. The minimum atomic E-state index is -1.41. The van der Waals surface area contributed by atoms with Crippen molar-refractivity contribution in [3.63, 3.8) is 0 Å². The van der Waals surface area contributed by atoms with Gasteiger partial charge in [0.1, 0.15) is 0 Å². The van der Waals surface area contributed by atoms with Crippen molar-refractivity contribution in [2.75, 3.05) is 43.5 Å². The molecule has 0 bridgehead atoms. The summed E-state index contributed by atoms with van der Waals surface area (Å²) in [4.78, 5) is 46.2. The number of imide groups is 2. The van der Waals surface area contributed by atoms with Gasteiger partial charge >= 0.3 is 6.03 Å². The molecule has 2 saturated heterocycles. The molecule has 3 aliphatic rings. The van der Waals surface area contributed by atoms with Crippen LogP contribution in [0.5, 0.6) is 0 Å². The maximum atomic E-state index is 13.7. The summed E-state index contributed by atoms with van der Waals surface area (Å²) < 4.78 is 0. The second-order valence-electron chi connectivity index (χ2n) is 8.57. The lowest BCUT2D eigenvalue weighted by Crippen LogP contribution is -2.74. The molecule has 1 spiro atoms. The lowest BCUT2D eigenvalue weighted by atomic mass is 9.67. The summed E-state index contributed by atoms with van der Waals surface area (Å²) in [6, 6.07) is 12.0. The summed E-state index contributed by atoms with van der Waals surface area (Å²) in [5.41, 5.74) is 1.33. The quantitative estimate of drug-likeness (QED) is 0.595. The monoisotopic (exact) mass is 472 g/mol. The molecule has 0 N–H and O–H groups in total. The third-order valence-corrected chi connectivity index (χ3v) is 7.37. The number of benzene rings is 2. The summed E-state index contributed by atoms with van der Waals surface area (Å²) in [7, 11) is 2.88. The van der Waals surface area contributed by atoms with Crippen LogP contribution in [-0.2, 0) is 16.0 Å². The van der Waals surface area contributed by atoms with E-state index in [4.69, 9.17) is 23.2 Å². The minimum Gasteiger partial charge on any atom is -0.368 e. The molecule has 166 valence electrons. The largest absolute Gasteiger partial charge is 0.368 e. The first-order chi connectivity index (χ1) is 15.2. The zero-order valence-corrected chi connectivity index (χ0v) is 19.2. The van der Waals surface area contributed by atoms with Crippen LogP contribution in [0.15, 0.2) is 42.5 Å². The zero-order chi connectivity index (χ0) is 22.8. The fraction of sp³-hybridized carbons (Fsp3) is 0.348. The molecule has 3 aliphatic heterocycles. The first kappa shape index (κ1) is 21.1.